The Balaban J connectivity index is 3.05. The fourth-order valence-corrected chi connectivity index (χ4v) is 1.62. The van der Waals surface area contributed by atoms with Gasteiger partial charge in [-0.1, -0.05) is 58.8 Å². The van der Waals surface area contributed by atoms with Gasteiger partial charge in [-0.3, -0.25) is 0 Å². The molecule has 0 aliphatic carbocycles. The van der Waals surface area contributed by atoms with Crippen LogP contribution in [0, 0.1) is 5.92 Å². The van der Waals surface area contributed by atoms with Gasteiger partial charge in [0.05, 0.1) is 6.61 Å². The largest absolute Gasteiger partial charge is 0.236 e. The summed E-state index contributed by atoms with van der Waals surface area (Å²) in [5.74, 6) is 0.450. The highest BCUT2D eigenvalue weighted by atomic mass is 16.3. The van der Waals surface area contributed by atoms with E-state index in [0.29, 0.717) is 5.92 Å². The minimum absolute atomic E-state index is 0.130. The summed E-state index contributed by atoms with van der Waals surface area (Å²) in [5.41, 5.74) is 0. The summed E-state index contributed by atoms with van der Waals surface area (Å²) in [4.78, 5) is 0. The highest BCUT2D eigenvalue weighted by Crippen LogP contribution is 2.14. The van der Waals surface area contributed by atoms with Crippen molar-refractivity contribution >= 4 is 0 Å². The second-order valence-electron chi connectivity index (χ2n) is 4.00. The third-order valence-electron chi connectivity index (χ3n) is 2.78. The lowest BCUT2D eigenvalue weighted by Crippen LogP contribution is -2.02. The monoisotopic (exact) mass is 185 g/mol. The van der Waals surface area contributed by atoms with E-state index in [4.69, 9.17) is 0 Å². The Hall–Kier alpha value is -0.0400. The summed E-state index contributed by atoms with van der Waals surface area (Å²) in [5, 5.41) is 10.6. The van der Waals surface area contributed by atoms with Crippen LogP contribution in [-0.2, 0) is 5.11 Å². The molecule has 0 aliphatic rings. The van der Waals surface area contributed by atoms with Crippen molar-refractivity contribution in [3.8, 4) is 0 Å². The van der Waals surface area contributed by atoms with Gasteiger partial charge in [0.15, 0.2) is 0 Å². The van der Waals surface area contributed by atoms with Gasteiger partial charge in [-0.25, -0.2) is 5.11 Å². The van der Waals surface area contributed by atoms with Gasteiger partial charge in [-0.05, 0) is 12.3 Å². The number of hydrogen-bond donors (Lipinski definition) is 0. The van der Waals surface area contributed by atoms with Crippen molar-refractivity contribution in [1.82, 2.24) is 0 Å². The lowest BCUT2D eigenvalue weighted by Gasteiger charge is -2.09. The molecule has 13 heavy (non-hydrogen) atoms. The van der Waals surface area contributed by atoms with Crippen LogP contribution in [0.1, 0.15) is 65.2 Å². The average Bonchev–Trinajstić information content (AvgIpc) is 2.17. The Morgan fingerprint density at radius 1 is 0.923 bits per heavy atom. The Kier molecular flexibility index (Phi) is 10.0. The Labute approximate surface area is 83.5 Å². The molecule has 0 aromatic rings. The molecule has 1 radical (unpaired) electrons. The first-order valence-electron chi connectivity index (χ1n) is 5.93. The quantitative estimate of drug-likeness (QED) is 0.480. The molecule has 0 rings (SSSR count). The maximum absolute atomic E-state index is 10.6. The normalized spacial score (nSPS) is 13.2. The van der Waals surface area contributed by atoms with Crippen molar-refractivity contribution in [2.24, 2.45) is 5.92 Å². The molecular formula is C12H25O. The molecule has 0 saturated heterocycles. The van der Waals surface area contributed by atoms with E-state index >= 15 is 0 Å². The Morgan fingerprint density at radius 2 is 1.54 bits per heavy atom. The van der Waals surface area contributed by atoms with Gasteiger partial charge < -0.3 is 0 Å². The van der Waals surface area contributed by atoms with Gasteiger partial charge in [0, 0.05) is 0 Å². The number of hydrogen-bond acceptors (Lipinski definition) is 0. The van der Waals surface area contributed by atoms with E-state index in [-0.39, 0.29) is 6.61 Å². The first kappa shape index (κ1) is 13.0. The van der Waals surface area contributed by atoms with E-state index in [1.807, 2.05) is 0 Å². The molecule has 0 heterocycles. The first-order valence-corrected chi connectivity index (χ1v) is 5.93. The summed E-state index contributed by atoms with van der Waals surface area (Å²) in [6.45, 7) is 4.50. The summed E-state index contributed by atoms with van der Waals surface area (Å²) >= 11 is 0. The van der Waals surface area contributed by atoms with Crippen molar-refractivity contribution in [3.63, 3.8) is 0 Å². The Bertz CT molecular complexity index is 87.1. The van der Waals surface area contributed by atoms with Crippen LogP contribution in [0.4, 0.5) is 0 Å². The summed E-state index contributed by atoms with van der Waals surface area (Å²) in [7, 11) is 0. The minimum Gasteiger partial charge on any atom is -0.236 e. The lowest BCUT2D eigenvalue weighted by atomic mass is 9.99. The minimum atomic E-state index is 0.130. The van der Waals surface area contributed by atoms with Crippen molar-refractivity contribution in [1.29, 1.82) is 0 Å². The molecule has 0 aromatic heterocycles. The van der Waals surface area contributed by atoms with Crippen LogP contribution in [0.5, 0.6) is 0 Å². The molecule has 79 valence electrons. The van der Waals surface area contributed by atoms with Crippen LogP contribution < -0.4 is 0 Å². The van der Waals surface area contributed by atoms with Crippen LogP contribution in [0.25, 0.3) is 0 Å². The zero-order chi connectivity index (χ0) is 9.94. The summed E-state index contributed by atoms with van der Waals surface area (Å²) in [6, 6.07) is 0. The predicted molar refractivity (Wildman–Crippen MR) is 57.3 cm³/mol. The van der Waals surface area contributed by atoms with Crippen LogP contribution in [0.15, 0.2) is 0 Å². The zero-order valence-electron chi connectivity index (χ0n) is 9.35. The molecule has 1 unspecified atom stereocenters. The zero-order valence-corrected chi connectivity index (χ0v) is 9.35. The number of rotatable bonds is 9. The fraction of sp³-hybridized carbons (Fsp3) is 1.00. The third kappa shape index (κ3) is 8.29. The maximum atomic E-state index is 10.6. The molecule has 1 nitrogen and oxygen atoms in total. The van der Waals surface area contributed by atoms with E-state index in [1.165, 1.54) is 38.5 Å². The van der Waals surface area contributed by atoms with E-state index in [9.17, 15) is 5.11 Å². The van der Waals surface area contributed by atoms with Gasteiger partial charge in [-0.2, -0.15) is 0 Å². The molecular weight excluding hydrogens is 160 g/mol. The van der Waals surface area contributed by atoms with Crippen molar-refractivity contribution in [3.05, 3.63) is 0 Å². The van der Waals surface area contributed by atoms with Crippen molar-refractivity contribution < 1.29 is 5.11 Å². The molecule has 0 bridgehead atoms. The van der Waals surface area contributed by atoms with E-state index in [2.05, 4.69) is 13.8 Å². The molecule has 0 aliphatic heterocycles. The van der Waals surface area contributed by atoms with Gasteiger partial charge in [-0.15, -0.1) is 0 Å². The van der Waals surface area contributed by atoms with Crippen LogP contribution in [0.2, 0.25) is 0 Å². The van der Waals surface area contributed by atoms with Crippen molar-refractivity contribution in [2.45, 2.75) is 65.2 Å². The summed E-state index contributed by atoms with van der Waals surface area (Å²) < 4.78 is 0. The maximum Gasteiger partial charge on any atom is 0.0850 e. The van der Waals surface area contributed by atoms with Crippen LogP contribution in [0.3, 0.4) is 0 Å². The molecule has 0 amide bonds. The van der Waals surface area contributed by atoms with E-state index < -0.39 is 0 Å². The highest BCUT2D eigenvalue weighted by Gasteiger charge is 2.03. The average molecular weight is 185 g/mol. The first-order chi connectivity index (χ1) is 6.35. The predicted octanol–water partition coefficient (Wildman–Crippen LogP) is 4.19. The second kappa shape index (κ2) is 10.0. The SMILES string of the molecule is CCCCCCCCC(CC)C[O]. The van der Waals surface area contributed by atoms with Gasteiger partial charge in [0.25, 0.3) is 0 Å². The van der Waals surface area contributed by atoms with Gasteiger partial charge in [0.1, 0.15) is 0 Å². The summed E-state index contributed by atoms with van der Waals surface area (Å²) in [6.07, 6.45) is 10.3. The molecule has 1 heteroatoms. The molecule has 1 atom stereocenters. The molecule has 0 N–H and O–H groups in total. The van der Waals surface area contributed by atoms with Gasteiger partial charge in [0.2, 0.25) is 0 Å². The third-order valence-corrected chi connectivity index (χ3v) is 2.78. The Morgan fingerprint density at radius 3 is 2.08 bits per heavy atom. The molecule has 0 spiro atoms. The topological polar surface area (TPSA) is 19.9 Å². The molecule has 0 fully saturated rings. The molecule has 0 aromatic carbocycles. The van der Waals surface area contributed by atoms with E-state index in [0.717, 1.165) is 12.8 Å². The molecule has 0 saturated carbocycles. The van der Waals surface area contributed by atoms with Crippen molar-refractivity contribution in [2.75, 3.05) is 6.61 Å². The smallest absolute Gasteiger partial charge is 0.0850 e. The lowest BCUT2D eigenvalue weighted by molar-refractivity contribution is 0.134. The standard InChI is InChI=1S/C12H25O/c1-3-5-6-7-8-9-10-12(4-2)11-13/h12H,3-11H2,1-2H3. The number of unbranched alkanes of at least 4 members (excludes halogenated alkanes) is 5. The van der Waals surface area contributed by atoms with Gasteiger partial charge >= 0.3 is 0 Å². The highest BCUT2D eigenvalue weighted by molar-refractivity contribution is 4.55. The van der Waals surface area contributed by atoms with Crippen LogP contribution in [-0.4, -0.2) is 6.61 Å². The van der Waals surface area contributed by atoms with Crippen LogP contribution >= 0.6 is 0 Å². The fourth-order valence-electron chi connectivity index (χ4n) is 1.62. The van der Waals surface area contributed by atoms with E-state index in [1.54, 1.807) is 0 Å². The second-order valence-corrected chi connectivity index (χ2v) is 4.00.